The van der Waals surface area contributed by atoms with E-state index in [0.717, 1.165) is 18.2 Å². The number of aliphatic imine (C=N–C) groups is 1. The predicted molar refractivity (Wildman–Crippen MR) is 117 cm³/mol. The molecule has 0 saturated carbocycles. The number of benzene rings is 2. The van der Waals surface area contributed by atoms with E-state index in [4.69, 9.17) is 4.74 Å². The van der Waals surface area contributed by atoms with Crippen LogP contribution in [0.1, 0.15) is 33.2 Å². The van der Waals surface area contributed by atoms with Gasteiger partial charge in [0.1, 0.15) is 5.92 Å². The number of alkyl halides is 3. The maximum absolute atomic E-state index is 13.5. The van der Waals surface area contributed by atoms with Gasteiger partial charge in [-0.2, -0.15) is 13.2 Å². The van der Waals surface area contributed by atoms with Crippen molar-refractivity contribution in [2.24, 2.45) is 22.7 Å². The summed E-state index contributed by atoms with van der Waals surface area (Å²) in [5.74, 6) is -8.58. The Hall–Kier alpha value is -4.15. The number of rotatable bonds is 4. The summed E-state index contributed by atoms with van der Waals surface area (Å²) in [4.78, 5) is 70.6. The molecule has 184 valence electrons. The lowest BCUT2D eigenvalue weighted by molar-refractivity contribution is -0.147. The molecule has 0 N–H and O–H groups in total. The van der Waals surface area contributed by atoms with Crippen molar-refractivity contribution in [2.45, 2.75) is 19.1 Å². The Kier molecular flexibility index (Phi) is 5.38. The second-order valence-electron chi connectivity index (χ2n) is 8.52. The Balaban J connectivity index is 1.59. The van der Waals surface area contributed by atoms with E-state index in [-0.39, 0.29) is 29.1 Å². The molecule has 0 radical (unpaired) electrons. The van der Waals surface area contributed by atoms with Crippen LogP contribution in [0.25, 0.3) is 0 Å². The first-order chi connectivity index (χ1) is 17.1. The van der Waals surface area contributed by atoms with Crippen LogP contribution in [-0.4, -0.2) is 47.7 Å². The standard InChI is InChI=1S/C25H17F3N2O6/c1-2-36-24(35)19-16-15(18(29-19)17-20(31)13-8-3-4-9-14(13)21(17)32)22(33)30(23(16)34)12-7-5-6-11(10-12)25(26,27)28/h3-10,15-17,19H,2H2,1H3. The van der Waals surface area contributed by atoms with Crippen molar-refractivity contribution < 1.29 is 41.9 Å². The molecular weight excluding hydrogens is 481 g/mol. The first-order valence-corrected chi connectivity index (χ1v) is 11.0. The summed E-state index contributed by atoms with van der Waals surface area (Å²) in [6.45, 7) is 1.45. The number of halogens is 3. The Morgan fingerprint density at radius 1 is 0.972 bits per heavy atom. The number of nitrogens with zero attached hydrogens (tertiary/aromatic N) is 2. The highest BCUT2D eigenvalue weighted by molar-refractivity contribution is 6.41. The molecule has 2 heterocycles. The quantitative estimate of drug-likeness (QED) is 0.364. The third kappa shape index (κ3) is 3.37. The van der Waals surface area contributed by atoms with E-state index in [2.05, 4.69) is 4.99 Å². The van der Waals surface area contributed by atoms with Gasteiger partial charge < -0.3 is 4.74 Å². The Morgan fingerprint density at radius 2 is 1.61 bits per heavy atom. The number of fused-ring (bicyclic) bond motifs is 2. The molecule has 0 aromatic heterocycles. The zero-order valence-electron chi connectivity index (χ0n) is 18.6. The van der Waals surface area contributed by atoms with Crippen LogP contribution in [-0.2, 0) is 25.3 Å². The van der Waals surface area contributed by atoms with Crippen LogP contribution in [0.3, 0.4) is 0 Å². The van der Waals surface area contributed by atoms with E-state index < -0.39 is 64.9 Å². The van der Waals surface area contributed by atoms with Gasteiger partial charge in [-0.25, -0.2) is 9.69 Å². The topological polar surface area (TPSA) is 110 Å². The molecule has 1 fully saturated rings. The van der Waals surface area contributed by atoms with Crippen LogP contribution in [0.2, 0.25) is 0 Å². The number of imide groups is 1. The molecule has 3 atom stereocenters. The number of Topliss-reactive ketones (excluding diaryl/α,β-unsaturated/α-hetero) is 2. The lowest BCUT2D eigenvalue weighted by atomic mass is 9.82. The van der Waals surface area contributed by atoms with Crippen molar-refractivity contribution in [2.75, 3.05) is 11.5 Å². The van der Waals surface area contributed by atoms with Crippen LogP contribution < -0.4 is 4.90 Å². The number of carbonyl (C=O) groups is 5. The van der Waals surface area contributed by atoms with E-state index in [1.165, 1.54) is 19.1 Å². The lowest BCUT2D eigenvalue weighted by Crippen LogP contribution is -2.37. The maximum Gasteiger partial charge on any atom is 0.416 e. The van der Waals surface area contributed by atoms with Gasteiger partial charge in [0.15, 0.2) is 17.6 Å². The summed E-state index contributed by atoms with van der Waals surface area (Å²) in [5.41, 5.74) is -1.43. The average Bonchev–Trinajstić information content (AvgIpc) is 3.43. The van der Waals surface area contributed by atoms with E-state index in [1.54, 1.807) is 12.1 Å². The van der Waals surface area contributed by atoms with E-state index in [0.29, 0.717) is 11.0 Å². The molecule has 0 bridgehead atoms. The monoisotopic (exact) mass is 498 g/mol. The fourth-order valence-electron chi connectivity index (χ4n) is 5.01. The van der Waals surface area contributed by atoms with E-state index >= 15 is 0 Å². The SMILES string of the molecule is CCOC(=O)C1N=C(C2C(=O)c3ccccc3C2=O)C2C(=O)N(c3cccc(C(F)(F)F)c3)C(=O)C12. The third-order valence-corrected chi connectivity index (χ3v) is 6.54. The number of ether oxygens (including phenoxy) is 1. The Bertz CT molecular complexity index is 1350. The highest BCUT2D eigenvalue weighted by Crippen LogP contribution is 2.44. The van der Waals surface area contributed by atoms with Gasteiger partial charge in [-0.3, -0.25) is 24.2 Å². The minimum Gasteiger partial charge on any atom is -0.464 e. The summed E-state index contributed by atoms with van der Waals surface area (Å²) in [5, 5.41) is 0. The normalized spacial score (nSPS) is 23.7. The molecule has 2 amide bonds. The second kappa shape index (κ2) is 8.21. The highest BCUT2D eigenvalue weighted by atomic mass is 19.4. The Labute approximate surface area is 201 Å². The van der Waals surface area contributed by atoms with Gasteiger partial charge in [-0.15, -0.1) is 0 Å². The van der Waals surface area contributed by atoms with Crippen LogP contribution in [0.15, 0.2) is 53.5 Å². The number of ketones is 2. The van der Waals surface area contributed by atoms with Crippen molar-refractivity contribution in [1.82, 2.24) is 0 Å². The molecule has 1 saturated heterocycles. The van der Waals surface area contributed by atoms with Gasteiger partial charge >= 0.3 is 12.1 Å². The van der Waals surface area contributed by atoms with Crippen LogP contribution >= 0.6 is 0 Å². The molecule has 2 aromatic carbocycles. The highest BCUT2D eigenvalue weighted by Gasteiger charge is 2.62. The molecule has 3 unspecified atom stereocenters. The molecule has 3 aliphatic rings. The third-order valence-electron chi connectivity index (χ3n) is 6.54. The molecule has 1 aliphatic carbocycles. The van der Waals surface area contributed by atoms with Gasteiger partial charge in [-0.05, 0) is 25.1 Å². The number of hydrogen-bond donors (Lipinski definition) is 0. The second-order valence-corrected chi connectivity index (χ2v) is 8.52. The summed E-state index contributed by atoms with van der Waals surface area (Å²) in [6.07, 6.45) is -4.73. The van der Waals surface area contributed by atoms with Crippen molar-refractivity contribution in [3.8, 4) is 0 Å². The number of carbonyl (C=O) groups excluding carboxylic acids is 5. The fourth-order valence-corrected chi connectivity index (χ4v) is 5.01. The summed E-state index contributed by atoms with van der Waals surface area (Å²) < 4.78 is 44.8. The van der Waals surface area contributed by atoms with Crippen LogP contribution in [0.4, 0.5) is 18.9 Å². The molecule has 8 nitrogen and oxygen atoms in total. The predicted octanol–water partition coefficient (Wildman–Crippen LogP) is 2.89. The number of hydrogen-bond acceptors (Lipinski definition) is 7. The fraction of sp³-hybridized carbons (Fsp3) is 0.280. The van der Waals surface area contributed by atoms with Gasteiger partial charge in [0, 0.05) is 16.8 Å². The first kappa shape index (κ1) is 23.6. The zero-order chi connectivity index (χ0) is 25.9. The molecular formula is C25H17F3N2O6. The molecule has 11 heteroatoms. The molecule has 5 rings (SSSR count). The van der Waals surface area contributed by atoms with Gasteiger partial charge in [0.25, 0.3) is 0 Å². The first-order valence-electron chi connectivity index (χ1n) is 11.0. The number of esters is 1. The minimum atomic E-state index is -4.73. The van der Waals surface area contributed by atoms with Crippen molar-refractivity contribution in [3.63, 3.8) is 0 Å². The molecule has 2 aromatic rings. The van der Waals surface area contributed by atoms with Crippen molar-refractivity contribution >= 4 is 40.7 Å². The Morgan fingerprint density at radius 3 is 2.19 bits per heavy atom. The van der Waals surface area contributed by atoms with E-state index in [9.17, 15) is 37.1 Å². The summed E-state index contributed by atoms with van der Waals surface area (Å²) in [7, 11) is 0. The van der Waals surface area contributed by atoms with Gasteiger partial charge in [0.05, 0.1) is 29.7 Å². The van der Waals surface area contributed by atoms with Crippen molar-refractivity contribution in [1.29, 1.82) is 0 Å². The average molecular weight is 498 g/mol. The van der Waals surface area contributed by atoms with Crippen molar-refractivity contribution in [3.05, 3.63) is 65.2 Å². The zero-order valence-corrected chi connectivity index (χ0v) is 18.6. The van der Waals surface area contributed by atoms with Crippen LogP contribution in [0, 0.1) is 17.8 Å². The summed E-state index contributed by atoms with van der Waals surface area (Å²) >= 11 is 0. The molecule has 2 aliphatic heterocycles. The molecule has 36 heavy (non-hydrogen) atoms. The van der Waals surface area contributed by atoms with Crippen LogP contribution in [0.5, 0.6) is 0 Å². The lowest BCUT2D eigenvalue weighted by Gasteiger charge is -2.19. The van der Waals surface area contributed by atoms with Gasteiger partial charge in [0.2, 0.25) is 11.8 Å². The number of anilines is 1. The molecule has 0 spiro atoms. The number of amides is 2. The summed E-state index contributed by atoms with van der Waals surface area (Å²) in [6, 6.07) is 8.13. The minimum absolute atomic E-state index is 0.0657. The maximum atomic E-state index is 13.5. The largest absolute Gasteiger partial charge is 0.464 e. The van der Waals surface area contributed by atoms with Gasteiger partial charge in [-0.1, -0.05) is 30.3 Å². The van der Waals surface area contributed by atoms with E-state index in [1.807, 2.05) is 0 Å². The smallest absolute Gasteiger partial charge is 0.416 e.